The van der Waals surface area contributed by atoms with Crippen molar-refractivity contribution in [3.05, 3.63) is 106 Å². The van der Waals surface area contributed by atoms with Crippen molar-refractivity contribution >= 4 is 35.2 Å². The second-order valence-electron chi connectivity index (χ2n) is 10.3. The van der Waals surface area contributed by atoms with Gasteiger partial charge in [-0.25, -0.2) is 0 Å². The lowest BCUT2D eigenvalue weighted by atomic mass is 10.1. The topological polar surface area (TPSA) is 128 Å². The predicted octanol–water partition coefficient (Wildman–Crippen LogP) is 5.20. The summed E-state index contributed by atoms with van der Waals surface area (Å²) in [5, 5.41) is 14.0. The van der Waals surface area contributed by atoms with E-state index in [1.165, 1.54) is 30.2 Å². The van der Waals surface area contributed by atoms with Crippen LogP contribution in [0, 0.1) is 6.92 Å². The van der Waals surface area contributed by atoms with E-state index in [0.717, 1.165) is 5.56 Å². The zero-order valence-corrected chi connectivity index (χ0v) is 28.0. The first-order chi connectivity index (χ1) is 21.5. The zero-order valence-electron chi connectivity index (χ0n) is 27.2. The van der Waals surface area contributed by atoms with Gasteiger partial charge in [0.25, 0.3) is 11.8 Å². The van der Waals surface area contributed by atoms with Gasteiger partial charge in [-0.05, 0) is 51.5 Å². The van der Waals surface area contributed by atoms with Gasteiger partial charge in [-0.1, -0.05) is 98.1 Å². The van der Waals surface area contributed by atoms with Gasteiger partial charge in [-0.2, -0.15) is 0 Å². The first kappa shape index (κ1) is 38.8. The van der Waals surface area contributed by atoms with Gasteiger partial charge in [0.1, 0.15) is 0 Å². The smallest absolute Gasteiger partial charge is 0.251 e. The Morgan fingerprint density at radius 3 is 1.82 bits per heavy atom. The van der Waals surface area contributed by atoms with Crippen LogP contribution in [0.2, 0.25) is 5.02 Å². The molecule has 0 aliphatic carbocycles. The fraction of sp³-hybridized carbons (Fsp3) is 0.371. The van der Waals surface area contributed by atoms with Crippen LogP contribution in [0.25, 0.3) is 0 Å². The van der Waals surface area contributed by atoms with Crippen LogP contribution in [0.5, 0.6) is 0 Å². The molecule has 3 aromatic rings. The van der Waals surface area contributed by atoms with Crippen molar-refractivity contribution in [3.8, 4) is 0 Å². The van der Waals surface area contributed by atoms with E-state index in [4.69, 9.17) is 11.6 Å². The normalized spacial score (nSPS) is 11.3. The molecule has 0 spiro atoms. The molecule has 0 saturated heterocycles. The van der Waals surface area contributed by atoms with Gasteiger partial charge in [0, 0.05) is 35.8 Å². The minimum atomic E-state index is -0.547. The summed E-state index contributed by atoms with van der Waals surface area (Å²) < 4.78 is 0. The molecule has 244 valence electrons. The van der Waals surface area contributed by atoms with Crippen LogP contribution in [-0.4, -0.2) is 55.8 Å². The van der Waals surface area contributed by atoms with Crippen LogP contribution in [-0.2, 0) is 9.59 Å². The summed E-state index contributed by atoms with van der Waals surface area (Å²) in [4.78, 5) is 48.7. The van der Waals surface area contributed by atoms with Crippen molar-refractivity contribution in [3.63, 3.8) is 0 Å². The summed E-state index contributed by atoms with van der Waals surface area (Å²) in [7, 11) is 0. The van der Waals surface area contributed by atoms with E-state index in [1.54, 1.807) is 13.8 Å². The number of halogens is 1. The molecule has 4 amide bonds. The number of likely N-dealkylation sites (N-methyl/N-ethyl adjacent to an activating group) is 1. The Bertz CT molecular complexity index is 1320. The molecule has 0 aliphatic rings. The minimum absolute atomic E-state index is 0.0930. The van der Waals surface area contributed by atoms with E-state index in [-0.39, 0.29) is 53.0 Å². The van der Waals surface area contributed by atoms with Gasteiger partial charge in [-0.15, -0.1) is 0 Å². The molecule has 0 saturated carbocycles. The largest absolute Gasteiger partial charge is 0.355 e. The molecular weight excluding hydrogens is 590 g/mol. The van der Waals surface area contributed by atoms with Crippen LogP contribution >= 0.6 is 11.6 Å². The van der Waals surface area contributed by atoms with Crippen molar-refractivity contribution in [2.24, 2.45) is 0 Å². The van der Waals surface area contributed by atoms with E-state index >= 15 is 0 Å². The molecular formula is C35H48ClN5O4. The van der Waals surface area contributed by atoms with Gasteiger partial charge in [0.2, 0.25) is 11.8 Å². The average molecular weight is 638 g/mol. The third-order valence-corrected chi connectivity index (χ3v) is 6.28. The number of carbonyl (C=O) groups is 4. The monoisotopic (exact) mass is 637 g/mol. The first-order valence-electron chi connectivity index (χ1n) is 15.3. The maximum atomic E-state index is 12.7. The molecule has 0 bridgehead atoms. The molecule has 45 heavy (non-hydrogen) atoms. The molecule has 3 aromatic carbocycles. The molecule has 0 fully saturated rings. The summed E-state index contributed by atoms with van der Waals surface area (Å²) in [6, 6.07) is 23.5. The van der Waals surface area contributed by atoms with Crippen LogP contribution in [0.15, 0.2) is 78.9 Å². The fourth-order valence-corrected chi connectivity index (χ4v) is 3.97. The van der Waals surface area contributed by atoms with Gasteiger partial charge in [-0.3, -0.25) is 19.2 Å². The predicted molar refractivity (Wildman–Crippen MR) is 182 cm³/mol. The molecule has 0 radical (unpaired) electrons. The molecule has 1 unspecified atom stereocenters. The fourth-order valence-electron chi connectivity index (χ4n) is 3.73. The molecule has 3 rings (SSSR count). The highest BCUT2D eigenvalue weighted by atomic mass is 35.5. The summed E-state index contributed by atoms with van der Waals surface area (Å²) in [6.45, 7) is 12.6. The van der Waals surface area contributed by atoms with E-state index in [0.29, 0.717) is 13.1 Å². The molecule has 9 nitrogen and oxygen atoms in total. The number of hydrogen-bond donors (Lipinski definition) is 5. The maximum Gasteiger partial charge on any atom is 0.251 e. The third kappa shape index (κ3) is 16.4. The van der Waals surface area contributed by atoms with Gasteiger partial charge < -0.3 is 26.6 Å². The quantitative estimate of drug-likeness (QED) is 0.174. The summed E-state index contributed by atoms with van der Waals surface area (Å²) in [5.74, 6) is -1.32. The average Bonchev–Trinajstić information content (AvgIpc) is 3.03. The lowest BCUT2D eigenvalue weighted by molar-refractivity contribution is -0.127. The first-order valence-corrected chi connectivity index (χ1v) is 15.6. The van der Waals surface area contributed by atoms with Crippen LogP contribution < -0.4 is 26.6 Å². The number of benzene rings is 3. The summed E-state index contributed by atoms with van der Waals surface area (Å²) >= 11 is 6.16. The molecule has 0 aromatic heterocycles. The molecule has 10 heteroatoms. The Morgan fingerprint density at radius 2 is 1.29 bits per heavy atom. The number of aryl methyl sites for hydroxylation is 1. The summed E-state index contributed by atoms with van der Waals surface area (Å²) in [6.07, 6.45) is 1.25. The Balaban J connectivity index is 0.000000862. The van der Waals surface area contributed by atoms with E-state index in [9.17, 15) is 19.2 Å². The lowest BCUT2D eigenvalue weighted by Crippen LogP contribution is -2.47. The Hall–Kier alpha value is -4.21. The molecule has 0 heterocycles. The zero-order chi connectivity index (χ0) is 33.6. The second kappa shape index (κ2) is 22.3. The van der Waals surface area contributed by atoms with Crippen molar-refractivity contribution in [2.75, 3.05) is 26.2 Å². The van der Waals surface area contributed by atoms with Crippen LogP contribution in [0.1, 0.15) is 78.9 Å². The highest BCUT2D eigenvalue weighted by Gasteiger charge is 2.16. The van der Waals surface area contributed by atoms with Gasteiger partial charge in [0.05, 0.1) is 18.6 Å². The van der Waals surface area contributed by atoms with Crippen molar-refractivity contribution in [2.45, 2.75) is 60.0 Å². The van der Waals surface area contributed by atoms with Crippen molar-refractivity contribution < 1.29 is 19.2 Å². The number of nitrogens with one attached hydrogen (secondary N) is 5. The SMILES string of the molecule is CCC.CCNC(=O)CNC(=O)C(C)NCCNC(=O)c1cc(Cl)cc(C(=O)N[C@H](C)c2ccccc2)c1.Cc1ccccc1. The molecule has 2 atom stereocenters. The van der Waals surface area contributed by atoms with Gasteiger partial charge in [0.15, 0.2) is 0 Å². The highest BCUT2D eigenvalue weighted by molar-refractivity contribution is 6.31. The van der Waals surface area contributed by atoms with Gasteiger partial charge >= 0.3 is 0 Å². The van der Waals surface area contributed by atoms with E-state index < -0.39 is 11.9 Å². The van der Waals surface area contributed by atoms with Crippen LogP contribution in [0.3, 0.4) is 0 Å². The Morgan fingerprint density at radius 1 is 0.733 bits per heavy atom. The molecule has 5 N–H and O–H groups in total. The second-order valence-corrected chi connectivity index (χ2v) is 10.7. The maximum absolute atomic E-state index is 12.7. The van der Waals surface area contributed by atoms with Crippen molar-refractivity contribution in [1.82, 2.24) is 26.6 Å². The Kier molecular flexibility index (Phi) is 19.3. The number of carbonyl (C=O) groups excluding carboxylic acids is 4. The Labute approximate surface area is 272 Å². The number of hydrogen-bond acceptors (Lipinski definition) is 5. The lowest BCUT2D eigenvalue weighted by Gasteiger charge is -2.15. The van der Waals surface area contributed by atoms with Crippen LogP contribution in [0.4, 0.5) is 0 Å². The number of rotatable bonds is 12. The highest BCUT2D eigenvalue weighted by Crippen LogP contribution is 2.17. The number of amides is 4. The van der Waals surface area contributed by atoms with Crippen molar-refractivity contribution in [1.29, 1.82) is 0 Å². The minimum Gasteiger partial charge on any atom is -0.355 e. The third-order valence-electron chi connectivity index (χ3n) is 6.06. The standard InChI is InChI=1S/C25H32ClN5O4.C7H8.C3H8/c1-4-27-22(32)15-30-23(33)17(3)28-10-11-29-24(34)19-12-20(14-21(26)13-19)25(35)31-16(2)18-8-6-5-7-9-18;1-7-5-3-2-4-6-7;1-3-2/h5-9,12-14,16-17,28H,4,10-11,15H2,1-3H3,(H,27,32)(H,29,34)(H,30,33)(H,31,35);2-6H,1H3;3H2,1-2H3/t16-,17?;;/m1../s1. The molecule has 0 aliphatic heterocycles. The van der Waals surface area contributed by atoms with E-state index in [2.05, 4.69) is 59.5 Å². The summed E-state index contributed by atoms with van der Waals surface area (Å²) in [5.41, 5.74) is 2.81. The van der Waals surface area contributed by atoms with E-state index in [1.807, 2.05) is 55.5 Å².